The van der Waals surface area contributed by atoms with Crippen LogP contribution < -0.4 is 5.32 Å². The molecule has 2 heterocycles. The van der Waals surface area contributed by atoms with E-state index in [0.29, 0.717) is 5.56 Å². The number of amides is 5. The number of fused-ring (bicyclic) bond motifs is 1. The number of benzene rings is 2. The molecule has 0 saturated carbocycles. The van der Waals surface area contributed by atoms with Crippen molar-refractivity contribution < 1.29 is 28.7 Å². The maximum Gasteiger partial charge on any atom is 0.337 e. The van der Waals surface area contributed by atoms with Gasteiger partial charge < -0.3 is 10.1 Å². The second-order valence-electron chi connectivity index (χ2n) is 8.30. The molecule has 4 rings (SSSR count). The first-order valence-electron chi connectivity index (χ1n) is 11.3. The zero-order chi connectivity index (χ0) is 25.3. The van der Waals surface area contributed by atoms with Crippen molar-refractivity contribution in [2.45, 2.75) is 39.3 Å². The average molecular weight is 476 g/mol. The minimum atomic E-state index is -1.32. The molecule has 0 bridgehead atoms. The summed E-state index contributed by atoms with van der Waals surface area (Å²) < 4.78 is 5.11. The van der Waals surface area contributed by atoms with Crippen LogP contribution in [0.1, 0.15) is 47.1 Å². The minimum Gasteiger partial charge on any atom is -0.463 e. The Hall–Kier alpha value is -4.27. The van der Waals surface area contributed by atoms with E-state index in [1.807, 2.05) is 0 Å². The van der Waals surface area contributed by atoms with Crippen molar-refractivity contribution in [3.8, 4) is 0 Å². The van der Waals surface area contributed by atoms with Gasteiger partial charge in [-0.3, -0.25) is 19.3 Å². The zero-order valence-electron chi connectivity index (χ0n) is 19.6. The molecule has 2 aliphatic rings. The molecule has 0 aliphatic carbocycles. The SMILES string of the molecule is CCOC(=O)C1=C(C)N(C(=O)[C@H](Cc2ccccc2)N2C(=O)c3ccccc3C2=O)C(=O)N[C@H]1C. The van der Waals surface area contributed by atoms with E-state index >= 15 is 0 Å². The lowest BCUT2D eigenvalue weighted by Gasteiger charge is -2.36. The van der Waals surface area contributed by atoms with E-state index in [4.69, 9.17) is 4.74 Å². The number of carbonyl (C=O) groups excluding carboxylic acids is 5. The fourth-order valence-electron chi connectivity index (χ4n) is 4.47. The van der Waals surface area contributed by atoms with E-state index < -0.39 is 41.8 Å². The number of hydrogen-bond donors (Lipinski definition) is 1. The molecule has 2 aliphatic heterocycles. The molecule has 1 N–H and O–H groups in total. The summed E-state index contributed by atoms with van der Waals surface area (Å²) in [4.78, 5) is 67.7. The van der Waals surface area contributed by atoms with Crippen LogP contribution in [-0.2, 0) is 20.7 Å². The van der Waals surface area contributed by atoms with Gasteiger partial charge in [0.05, 0.1) is 29.3 Å². The largest absolute Gasteiger partial charge is 0.463 e. The topological polar surface area (TPSA) is 113 Å². The maximum absolute atomic E-state index is 13.9. The lowest BCUT2D eigenvalue weighted by molar-refractivity contribution is -0.139. The van der Waals surface area contributed by atoms with E-state index in [1.54, 1.807) is 56.3 Å². The number of imide groups is 2. The van der Waals surface area contributed by atoms with Gasteiger partial charge in [-0.15, -0.1) is 0 Å². The predicted octanol–water partition coefficient (Wildman–Crippen LogP) is 2.67. The molecular formula is C26H25N3O6. The standard InChI is InChI=1S/C26H25N3O6/c1-4-35-25(33)21-15(2)27-26(34)28(16(21)3)24(32)20(14-17-10-6-5-7-11-17)29-22(30)18-12-8-9-13-19(18)23(29)31/h5-13,15,20H,4,14H2,1-3H3,(H,27,34)/t15-,20-/m0/s1. The summed E-state index contributed by atoms with van der Waals surface area (Å²) in [5.41, 5.74) is 1.31. The second kappa shape index (κ2) is 9.54. The smallest absolute Gasteiger partial charge is 0.337 e. The number of ether oxygens (including phenoxy) is 1. The molecule has 0 radical (unpaired) electrons. The third-order valence-corrected chi connectivity index (χ3v) is 6.11. The lowest BCUT2D eigenvalue weighted by atomic mass is 10.00. The van der Waals surface area contributed by atoms with Gasteiger partial charge in [0.2, 0.25) is 0 Å². The second-order valence-corrected chi connectivity index (χ2v) is 8.30. The van der Waals surface area contributed by atoms with Crippen molar-refractivity contribution in [3.05, 3.63) is 82.6 Å². The molecule has 5 amide bonds. The third-order valence-electron chi connectivity index (χ3n) is 6.11. The van der Waals surface area contributed by atoms with Gasteiger partial charge in [0.25, 0.3) is 17.7 Å². The first-order chi connectivity index (χ1) is 16.8. The normalized spacial score (nSPS) is 18.4. The van der Waals surface area contributed by atoms with Gasteiger partial charge in [0.1, 0.15) is 6.04 Å². The van der Waals surface area contributed by atoms with Crippen molar-refractivity contribution in [2.75, 3.05) is 6.61 Å². The molecule has 2 atom stereocenters. The Bertz CT molecular complexity index is 1220. The van der Waals surface area contributed by atoms with E-state index in [1.165, 1.54) is 19.1 Å². The van der Waals surface area contributed by atoms with Gasteiger partial charge in [0, 0.05) is 12.1 Å². The number of urea groups is 1. The van der Waals surface area contributed by atoms with Crippen LogP contribution in [-0.4, -0.2) is 58.2 Å². The number of esters is 1. The lowest BCUT2D eigenvalue weighted by Crippen LogP contribution is -2.58. The molecule has 0 unspecified atom stereocenters. The molecule has 35 heavy (non-hydrogen) atoms. The Morgan fingerprint density at radius 3 is 2.11 bits per heavy atom. The van der Waals surface area contributed by atoms with Crippen molar-refractivity contribution in [1.82, 2.24) is 15.1 Å². The van der Waals surface area contributed by atoms with Crippen LogP contribution in [0.2, 0.25) is 0 Å². The highest BCUT2D eigenvalue weighted by Crippen LogP contribution is 2.29. The van der Waals surface area contributed by atoms with Crippen LogP contribution >= 0.6 is 0 Å². The molecule has 9 nitrogen and oxygen atoms in total. The molecule has 180 valence electrons. The number of allylic oxidation sites excluding steroid dienone is 1. The van der Waals surface area contributed by atoms with Crippen LogP contribution in [0.5, 0.6) is 0 Å². The Balaban J connectivity index is 1.79. The minimum absolute atomic E-state index is 0.00745. The predicted molar refractivity (Wildman–Crippen MR) is 125 cm³/mol. The van der Waals surface area contributed by atoms with Gasteiger partial charge in [-0.25, -0.2) is 14.5 Å². The molecular weight excluding hydrogens is 450 g/mol. The van der Waals surface area contributed by atoms with Gasteiger partial charge >= 0.3 is 12.0 Å². The summed E-state index contributed by atoms with van der Waals surface area (Å²) in [6, 6.07) is 12.5. The van der Waals surface area contributed by atoms with Gasteiger partial charge in [-0.2, -0.15) is 0 Å². The number of carbonyl (C=O) groups is 5. The molecule has 0 aromatic heterocycles. The van der Waals surface area contributed by atoms with E-state index in [-0.39, 0.29) is 35.4 Å². The number of rotatable bonds is 6. The van der Waals surface area contributed by atoms with Crippen LogP contribution in [0, 0.1) is 0 Å². The van der Waals surface area contributed by atoms with E-state index in [0.717, 1.165) is 9.80 Å². The van der Waals surface area contributed by atoms with Gasteiger partial charge in [-0.05, 0) is 38.5 Å². The van der Waals surface area contributed by atoms with E-state index in [9.17, 15) is 24.0 Å². The highest BCUT2D eigenvalue weighted by Gasteiger charge is 2.47. The Morgan fingerprint density at radius 2 is 1.54 bits per heavy atom. The molecule has 2 aromatic rings. The molecule has 0 saturated heterocycles. The number of hydrogen-bond acceptors (Lipinski definition) is 6. The van der Waals surface area contributed by atoms with Crippen LogP contribution in [0.25, 0.3) is 0 Å². The average Bonchev–Trinajstić information content (AvgIpc) is 3.08. The van der Waals surface area contributed by atoms with E-state index in [2.05, 4.69) is 5.32 Å². The molecule has 0 fully saturated rings. The first-order valence-corrected chi connectivity index (χ1v) is 11.3. The Kier molecular flexibility index (Phi) is 6.50. The summed E-state index contributed by atoms with van der Waals surface area (Å²) in [6.07, 6.45) is -0.00745. The summed E-state index contributed by atoms with van der Waals surface area (Å²) in [5, 5.41) is 2.60. The van der Waals surface area contributed by atoms with Crippen LogP contribution in [0.4, 0.5) is 4.79 Å². The van der Waals surface area contributed by atoms with Crippen molar-refractivity contribution in [3.63, 3.8) is 0 Å². The fraction of sp³-hybridized carbons (Fsp3) is 0.269. The number of nitrogens with zero attached hydrogens (tertiary/aromatic N) is 2. The summed E-state index contributed by atoms with van der Waals surface area (Å²) in [5.74, 6) is -2.68. The van der Waals surface area contributed by atoms with Crippen LogP contribution in [0.15, 0.2) is 65.9 Å². The quantitative estimate of drug-likeness (QED) is 0.508. The van der Waals surface area contributed by atoms with Crippen molar-refractivity contribution >= 4 is 29.7 Å². The van der Waals surface area contributed by atoms with Crippen LogP contribution in [0.3, 0.4) is 0 Å². The summed E-state index contributed by atoms with van der Waals surface area (Å²) in [6.45, 7) is 4.86. The summed E-state index contributed by atoms with van der Waals surface area (Å²) >= 11 is 0. The van der Waals surface area contributed by atoms with Crippen molar-refractivity contribution in [2.24, 2.45) is 0 Å². The maximum atomic E-state index is 13.9. The monoisotopic (exact) mass is 475 g/mol. The molecule has 0 spiro atoms. The first kappa shape index (κ1) is 23.9. The molecule has 2 aromatic carbocycles. The highest BCUT2D eigenvalue weighted by atomic mass is 16.5. The van der Waals surface area contributed by atoms with Gasteiger partial charge in [0.15, 0.2) is 0 Å². The zero-order valence-corrected chi connectivity index (χ0v) is 19.6. The fourth-order valence-corrected chi connectivity index (χ4v) is 4.47. The Labute approximate surface area is 202 Å². The number of nitrogens with one attached hydrogen (secondary N) is 1. The third kappa shape index (κ3) is 4.21. The molecule has 9 heteroatoms. The van der Waals surface area contributed by atoms with Gasteiger partial charge in [-0.1, -0.05) is 42.5 Å². The Morgan fingerprint density at radius 1 is 0.971 bits per heavy atom. The summed E-state index contributed by atoms with van der Waals surface area (Å²) in [7, 11) is 0. The highest BCUT2D eigenvalue weighted by molar-refractivity contribution is 6.23. The van der Waals surface area contributed by atoms with Crippen molar-refractivity contribution in [1.29, 1.82) is 0 Å².